The molecule has 7 heteroatoms. The molecule has 0 saturated carbocycles. The molecule has 1 N–H and O–H groups in total. The van der Waals surface area contributed by atoms with Crippen LogP contribution < -0.4 is 10.1 Å². The van der Waals surface area contributed by atoms with Gasteiger partial charge in [0.05, 0.1) is 6.61 Å². The number of nitrogens with zero attached hydrogens (tertiary/aromatic N) is 1. The van der Waals surface area contributed by atoms with Crippen LogP contribution in [-0.4, -0.2) is 36.3 Å². The number of nitrogens with one attached hydrogen (secondary N) is 1. The Labute approximate surface area is 140 Å². The Morgan fingerprint density at radius 1 is 1.29 bits per heavy atom. The molecule has 0 aromatic heterocycles. The molecule has 1 saturated heterocycles. The quantitative estimate of drug-likeness (QED) is 0.779. The number of hydrogen-bond donors (Lipinski definition) is 1. The second-order valence-corrected chi connectivity index (χ2v) is 5.90. The summed E-state index contributed by atoms with van der Waals surface area (Å²) in [6, 6.07) is 4.24. The molecule has 1 aromatic rings. The van der Waals surface area contributed by atoms with Crippen molar-refractivity contribution in [3.63, 3.8) is 0 Å². The zero-order valence-electron chi connectivity index (χ0n) is 13.7. The molecule has 0 spiro atoms. The first-order valence-corrected chi connectivity index (χ1v) is 8.29. The van der Waals surface area contributed by atoms with E-state index in [1.54, 1.807) is 24.3 Å². The minimum atomic E-state index is -4.39. The number of unbranched alkanes of at least 4 members (excludes halogenated alkanes) is 1. The van der Waals surface area contributed by atoms with Gasteiger partial charge in [-0.2, -0.15) is 13.2 Å². The lowest BCUT2D eigenvalue weighted by Gasteiger charge is -2.36. The molecule has 1 atom stereocenters. The van der Waals surface area contributed by atoms with Crippen LogP contribution in [0.25, 0.3) is 0 Å². The minimum absolute atomic E-state index is 0.0405. The summed E-state index contributed by atoms with van der Waals surface area (Å²) in [7, 11) is 0. The number of alkyl halides is 3. The maximum Gasteiger partial charge on any atom is 0.408 e. The Morgan fingerprint density at radius 2 is 2.00 bits per heavy atom. The maximum atomic E-state index is 13.1. The normalized spacial score (nSPS) is 18.3. The third-order valence-corrected chi connectivity index (χ3v) is 4.01. The number of urea groups is 1. The first-order chi connectivity index (χ1) is 11.4. The van der Waals surface area contributed by atoms with Gasteiger partial charge in [0.2, 0.25) is 0 Å². The van der Waals surface area contributed by atoms with Gasteiger partial charge in [0, 0.05) is 12.2 Å². The molecule has 2 rings (SSSR count). The number of piperidine rings is 1. The molecule has 4 nitrogen and oxygen atoms in total. The van der Waals surface area contributed by atoms with Gasteiger partial charge in [-0.1, -0.05) is 13.3 Å². The molecule has 1 unspecified atom stereocenters. The Hall–Kier alpha value is -1.92. The van der Waals surface area contributed by atoms with E-state index in [0.29, 0.717) is 30.9 Å². The number of ether oxygens (including phenoxy) is 1. The molecule has 134 valence electrons. The van der Waals surface area contributed by atoms with Gasteiger partial charge in [-0.05, 0) is 49.9 Å². The van der Waals surface area contributed by atoms with Gasteiger partial charge in [0.1, 0.15) is 11.8 Å². The molecule has 0 aliphatic carbocycles. The van der Waals surface area contributed by atoms with Crippen molar-refractivity contribution >= 4 is 11.7 Å². The highest BCUT2D eigenvalue weighted by atomic mass is 19.4. The van der Waals surface area contributed by atoms with E-state index in [-0.39, 0.29) is 13.0 Å². The fraction of sp³-hybridized carbons (Fsp3) is 0.588. The number of anilines is 1. The highest BCUT2D eigenvalue weighted by Crippen LogP contribution is 2.32. The van der Waals surface area contributed by atoms with Gasteiger partial charge in [0.25, 0.3) is 0 Å². The van der Waals surface area contributed by atoms with Crippen molar-refractivity contribution in [2.75, 3.05) is 18.5 Å². The van der Waals surface area contributed by atoms with Crippen molar-refractivity contribution in [3.05, 3.63) is 24.3 Å². The summed E-state index contributed by atoms with van der Waals surface area (Å²) in [6.07, 6.45) is -1.38. The van der Waals surface area contributed by atoms with Crippen LogP contribution in [0, 0.1) is 0 Å². The molecule has 2 amide bonds. The Kier molecular flexibility index (Phi) is 6.34. The van der Waals surface area contributed by atoms with Crippen LogP contribution in [0.1, 0.15) is 39.0 Å². The molecule has 1 aliphatic rings. The van der Waals surface area contributed by atoms with E-state index in [0.717, 1.165) is 17.7 Å². The lowest BCUT2D eigenvalue weighted by molar-refractivity contribution is -0.181. The summed E-state index contributed by atoms with van der Waals surface area (Å²) in [5.41, 5.74) is 0.453. The van der Waals surface area contributed by atoms with Crippen LogP contribution in [-0.2, 0) is 0 Å². The third-order valence-electron chi connectivity index (χ3n) is 4.01. The summed E-state index contributed by atoms with van der Waals surface area (Å²) >= 11 is 0. The number of hydrogen-bond acceptors (Lipinski definition) is 2. The SMILES string of the molecule is CCCCOc1ccc(NC(=O)N2CCCCC2C(F)(F)F)cc1. The van der Waals surface area contributed by atoms with Gasteiger partial charge < -0.3 is 15.0 Å². The van der Waals surface area contributed by atoms with Crippen molar-refractivity contribution in [1.82, 2.24) is 4.90 Å². The average molecular weight is 344 g/mol. The molecular weight excluding hydrogens is 321 g/mol. The Morgan fingerprint density at radius 3 is 2.62 bits per heavy atom. The van der Waals surface area contributed by atoms with Gasteiger partial charge in [0.15, 0.2) is 0 Å². The number of carbonyl (C=O) groups excluding carboxylic acids is 1. The van der Waals surface area contributed by atoms with Crippen molar-refractivity contribution in [2.24, 2.45) is 0 Å². The smallest absolute Gasteiger partial charge is 0.408 e. The summed E-state index contributed by atoms with van der Waals surface area (Å²) in [4.78, 5) is 13.1. The summed E-state index contributed by atoms with van der Waals surface area (Å²) < 4.78 is 44.7. The van der Waals surface area contributed by atoms with Crippen LogP contribution in [0.15, 0.2) is 24.3 Å². The lowest BCUT2D eigenvalue weighted by atomic mass is 10.0. The third kappa shape index (κ3) is 5.04. The molecule has 1 aliphatic heterocycles. The predicted octanol–water partition coefficient (Wildman–Crippen LogP) is 4.81. The van der Waals surface area contributed by atoms with E-state index in [1.807, 2.05) is 0 Å². The number of halogens is 3. The van der Waals surface area contributed by atoms with Crippen molar-refractivity contribution in [3.8, 4) is 5.75 Å². The zero-order chi connectivity index (χ0) is 17.6. The summed E-state index contributed by atoms with van der Waals surface area (Å²) in [6.45, 7) is 2.80. The fourth-order valence-electron chi connectivity index (χ4n) is 2.68. The summed E-state index contributed by atoms with van der Waals surface area (Å²) in [5, 5.41) is 2.54. The first-order valence-electron chi connectivity index (χ1n) is 8.29. The average Bonchev–Trinajstić information content (AvgIpc) is 2.56. The first kappa shape index (κ1) is 18.4. The molecule has 0 radical (unpaired) electrons. The van der Waals surface area contributed by atoms with E-state index in [2.05, 4.69) is 12.2 Å². The minimum Gasteiger partial charge on any atom is -0.494 e. The van der Waals surface area contributed by atoms with E-state index in [9.17, 15) is 18.0 Å². The van der Waals surface area contributed by atoms with Crippen LogP contribution in [0.2, 0.25) is 0 Å². The zero-order valence-corrected chi connectivity index (χ0v) is 13.7. The van der Waals surface area contributed by atoms with E-state index in [4.69, 9.17) is 4.74 Å². The fourth-order valence-corrected chi connectivity index (χ4v) is 2.68. The second-order valence-electron chi connectivity index (χ2n) is 5.90. The lowest BCUT2D eigenvalue weighted by Crippen LogP contribution is -2.52. The molecule has 1 aromatic carbocycles. The van der Waals surface area contributed by atoms with E-state index >= 15 is 0 Å². The molecular formula is C17H23F3N2O2. The second kappa shape index (κ2) is 8.26. The van der Waals surface area contributed by atoms with Crippen LogP contribution >= 0.6 is 0 Å². The topological polar surface area (TPSA) is 41.6 Å². The van der Waals surface area contributed by atoms with E-state index < -0.39 is 18.2 Å². The van der Waals surface area contributed by atoms with Gasteiger partial charge in [-0.15, -0.1) is 0 Å². The Bertz CT molecular complexity index is 532. The standard InChI is InChI=1S/C17H23F3N2O2/c1-2-3-12-24-14-9-7-13(8-10-14)21-16(23)22-11-5-4-6-15(22)17(18,19)20/h7-10,15H,2-6,11-12H2,1H3,(H,21,23). The maximum absolute atomic E-state index is 13.1. The van der Waals surface area contributed by atoms with E-state index in [1.165, 1.54) is 0 Å². The van der Waals surface area contributed by atoms with Crippen LogP contribution in [0.5, 0.6) is 5.75 Å². The predicted molar refractivity (Wildman–Crippen MR) is 86.3 cm³/mol. The molecule has 1 heterocycles. The summed E-state index contributed by atoms with van der Waals surface area (Å²) in [5.74, 6) is 0.674. The number of benzene rings is 1. The van der Waals surface area contributed by atoms with Gasteiger partial charge >= 0.3 is 12.2 Å². The van der Waals surface area contributed by atoms with Crippen molar-refractivity contribution in [2.45, 2.75) is 51.2 Å². The van der Waals surface area contributed by atoms with Crippen LogP contribution in [0.4, 0.5) is 23.7 Å². The van der Waals surface area contributed by atoms with Crippen molar-refractivity contribution in [1.29, 1.82) is 0 Å². The molecule has 1 fully saturated rings. The number of amides is 2. The Balaban J connectivity index is 1.95. The molecule has 0 bridgehead atoms. The van der Waals surface area contributed by atoms with Crippen LogP contribution in [0.3, 0.4) is 0 Å². The number of carbonyl (C=O) groups is 1. The largest absolute Gasteiger partial charge is 0.494 e. The monoisotopic (exact) mass is 344 g/mol. The number of likely N-dealkylation sites (tertiary alicyclic amines) is 1. The van der Waals surface area contributed by atoms with Gasteiger partial charge in [-0.3, -0.25) is 0 Å². The van der Waals surface area contributed by atoms with Crippen molar-refractivity contribution < 1.29 is 22.7 Å². The number of rotatable bonds is 5. The molecule has 24 heavy (non-hydrogen) atoms. The van der Waals surface area contributed by atoms with Gasteiger partial charge in [-0.25, -0.2) is 4.79 Å². The highest BCUT2D eigenvalue weighted by Gasteiger charge is 2.46. The highest BCUT2D eigenvalue weighted by molar-refractivity contribution is 5.89.